The van der Waals surface area contributed by atoms with Crippen LogP contribution < -0.4 is 0 Å². The van der Waals surface area contributed by atoms with Crippen molar-refractivity contribution in [2.45, 2.75) is 25.3 Å². The quantitative estimate of drug-likeness (QED) is 0.813. The van der Waals surface area contributed by atoms with E-state index in [1.165, 1.54) is 12.1 Å². The number of benzene rings is 1. The van der Waals surface area contributed by atoms with Gasteiger partial charge in [0.15, 0.2) is 0 Å². The summed E-state index contributed by atoms with van der Waals surface area (Å²) in [6.07, 6.45) is -5.80. The average molecular weight is 261 g/mol. The molecule has 1 aromatic carbocycles. The van der Waals surface area contributed by atoms with E-state index in [1.54, 1.807) is 13.0 Å². The molecule has 0 fully saturated rings. The Hall–Kier alpha value is -1.76. The number of alkyl halides is 3. The van der Waals surface area contributed by atoms with E-state index in [1.807, 2.05) is 0 Å². The van der Waals surface area contributed by atoms with Crippen molar-refractivity contribution >= 4 is 5.71 Å². The molecule has 0 saturated carbocycles. The van der Waals surface area contributed by atoms with Gasteiger partial charge in [-0.05, 0) is 19.1 Å². The molecule has 98 valence electrons. The maximum absolute atomic E-state index is 12.5. The van der Waals surface area contributed by atoms with Crippen LogP contribution in [0.3, 0.4) is 0 Å². The molecule has 1 aliphatic heterocycles. The molecular weight excluding hydrogens is 251 g/mol. The Balaban J connectivity index is 2.31. The maximum atomic E-state index is 12.5. The SMILES string of the molecule is Cc1ccc(O)c(C2=NO[C@](O)(C(F)(F)F)C2)c1. The van der Waals surface area contributed by atoms with Gasteiger partial charge in [-0.25, -0.2) is 0 Å². The van der Waals surface area contributed by atoms with Crippen LogP contribution in [0.4, 0.5) is 13.2 Å². The van der Waals surface area contributed by atoms with Crippen LogP contribution in [-0.2, 0) is 4.84 Å². The second-order valence-corrected chi connectivity index (χ2v) is 4.11. The molecule has 0 spiro atoms. The van der Waals surface area contributed by atoms with Crippen LogP contribution in [0.25, 0.3) is 0 Å². The normalized spacial score (nSPS) is 23.7. The zero-order chi connectivity index (χ0) is 13.6. The molecule has 1 aromatic rings. The van der Waals surface area contributed by atoms with Crippen molar-refractivity contribution in [3.05, 3.63) is 29.3 Å². The number of nitrogens with zero attached hydrogens (tertiary/aromatic N) is 1. The number of halogens is 3. The Labute approximate surface area is 100 Å². The van der Waals surface area contributed by atoms with E-state index < -0.39 is 18.4 Å². The Bertz CT molecular complexity index is 513. The van der Waals surface area contributed by atoms with Crippen LogP contribution in [0, 0.1) is 6.92 Å². The Morgan fingerprint density at radius 2 is 2.06 bits per heavy atom. The van der Waals surface area contributed by atoms with E-state index in [0.29, 0.717) is 0 Å². The van der Waals surface area contributed by atoms with E-state index in [9.17, 15) is 23.4 Å². The molecule has 0 amide bonds. The summed E-state index contributed by atoms with van der Waals surface area (Å²) in [6, 6.07) is 4.42. The molecule has 0 aromatic heterocycles. The number of hydrogen-bond donors (Lipinski definition) is 2. The lowest BCUT2D eigenvalue weighted by atomic mass is 10.00. The molecule has 7 heteroatoms. The number of oxime groups is 1. The second kappa shape index (κ2) is 3.88. The van der Waals surface area contributed by atoms with Gasteiger partial charge in [-0.3, -0.25) is 0 Å². The average Bonchev–Trinajstić information content (AvgIpc) is 2.65. The first-order valence-electron chi connectivity index (χ1n) is 5.07. The van der Waals surface area contributed by atoms with Gasteiger partial charge in [-0.2, -0.15) is 13.2 Å². The zero-order valence-corrected chi connectivity index (χ0v) is 9.32. The third-order valence-electron chi connectivity index (χ3n) is 2.62. The summed E-state index contributed by atoms with van der Waals surface area (Å²) in [5.41, 5.74) is 0.721. The molecule has 1 heterocycles. The van der Waals surface area contributed by atoms with Gasteiger partial charge in [0.1, 0.15) is 5.75 Å². The van der Waals surface area contributed by atoms with Gasteiger partial charge in [0.2, 0.25) is 0 Å². The van der Waals surface area contributed by atoms with Crippen LogP contribution in [0.5, 0.6) is 5.75 Å². The summed E-state index contributed by atoms with van der Waals surface area (Å²) in [4.78, 5) is 4.07. The third-order valence-corrected chi connectivity index (χ3v) is 2.62. The summed E-state index contributed by atoms with van der Waals surface area (Å²) in [7, 11) is 0. The summed E-state index contributed by atoms with van der Waals surface area (Å²) in [5.74, 6) is -3.53. The minimum Gasteiger partial charge on any atom is -0.507 e. The molecule has 1 aliphatic rings. The summed E-state index contributed by atoms with van der Waals surface area (Å²) >= 11 is 0. The Morgan fingerprint density at radius 3 is 2.61 bits per heavy atom. The smallest absolute Gasteiger partial charge is 0.458 e. The van der Waals surface area contributed by atoms with Gasteiger partial charge in [-0.15, -0.1) is 0 Å². The molecule has 0 bridgehead atoms. The zero-order valence-electron chi connectivity index (χ0n) is 9.32. The first-order chi connectivity index (χ1) is 8.23. The molecule has 1 atom stereocenters. The minimum atomic E-state index is -4.95. The predicted octanol–water partition coefficient (Wildman–Crippen LogP) is 2.08. The lowest BCUT2D eigenvalue weighted by molar-refractivity contribution is -0.355. The van der Waals surface area contributed by atoms with Gasteiger partial charge in [0, 0.05) is 5.56 Å². The first kappa shape index (κ1) is 12.7. The summed E-state index contributed by atoms with van der Waals surface area (Å²) in [6.45, 7) is 1.72. The number of aliphatic hydroxyl groups is 1. The van der Waals surface area contributed by atoms with Gasteiger partial charge in [0.05, 0.1) is 12.1 Å². The van der Waals surface area contributed by atoms with Crippen LogP contribution in [-0.4, -0.2) is 27.9 Å². The molecule has 2 rings (SSSR count). The summed E-state index contributed by atoms with van der Waals surface area (Å²) < 4.78 is 37.5. The molecular formula is C11H10F3NO3. The van der Waals surface area contributed by atoms with E-state index in [-0.39, 0.29) is 17.0 Å². The highest BCUT2D eigenvalue weighted by atomic mass is 19.4. The van der Waals surface area contributed by atoms with Crippen LogP contribution in [0.15, 0.2) is 23.4 Å². The molecule has 0 unspecified atom stereocenters. The van der Waals surface area contributed by atoms with Crippen molar-refractivity contribution in [2.75, 3.05) is 0 Å². The Morgan fingerprint density at radius 1 is 1.39 bits per heavy atom. The first-order valence-corrected chi connectivity index (χ1v) is 5.07. The molecule has 0 radical (unpaired) electrons. The minimum absolute atomic E-state index is 0.121. The van der Waals surface area contributed by atoms with Crippen molar-refractivity contribution in [1.29, 1.82) is 0 Å². The monoisotopic (exact) mass is 261 g/mol. The lowest BCUT2D eigenvalue weighted by Crippen LogP contribution is -2.45. The lowest BCUT2D eigenvalue weighted by Gasteiger charge is -2.22. The van der Waals surface area contributed by atoms with Gasteiger partial charge < -0.3 is 15.1 Å². The van der Waals surface area contributed by atoms with Gasteiger partial charge in [0.25, 0.3) is 0 Å². The molecule has 4 nitrogen and oxygen atoms in total. The van der Waals surface area contributed by atoms with E-state index in [0.717, 1.165) is 5.56 Å². The molecule has 0 aliphatic carbocycles. The number of aryl methyl sites for hydroxylation is 1. The topological polar surface area (TPSA) is 62.1 Å². The highest BCUT2D eigenvalue weighted by Crippen LogP contribution is 2.39. The molecule has 0 saturated heterocycles. The molecule has 18 heavy (non-hydrogen) atoms. The van der Waals surface area contributed by atoms with E-state index in [2.05, 4.69) is 9.99 Å². The van der Waals surface area contributed by atoms with Crippen molar-refractivity contribution in [1.82, 2.24) is 0 Å². The maximum Gasteiger partial charge on any atom is 0.458 e. The fourth-order valence-corrected chi connectivity index (χ4v) is 1.60. The third kappa shape index (κ3) is 2.01. The van der Waals surface area contributed by atoms with Crippen molar-refractivity contribution < 1.29 is 28.2 Å². The standard InChI is InChI=1S/C11H10F3NO3/c1-6-2-3-9(16)7(4-6)8-5-10(17,18-15-8)11(12,13)14/h2-4,16-17H,5H2,1H3/t10-/m0/s1. The van der Waals surface area contributed by atoms with Gasteiger partial charge in [-0.1, -0.05) is 16.8 Å². The van der Waals surface area contributed by atoms with Crippen molar-refractivity contribution in [2.24, 2.45) is 5.16 Å². The van der Waals surface area contributed by atoms with Crippen LogP contribution in [0.2, 0.25) is 0 Å². The molecule has 2 N–H and O–H groups in total. The van der Waals surface area contributed by atoms with Gasteiger partial charge >= 0.3 is 12.0 Å². The van der Waals surface area contributed by atoms with Crippen LogP contribution in [0.1, 0.15) is 17.5 Å². The van der Waals surface area contributed by atoms with Crippen molar-refractivity contribution in [3.8, 4) is 5.75 Å². The van der Waals surface area contributed by atoms with Crippen LogP contribution >= 0.6 is 0 Å². The predicted molar refractivity (Wildman–Crippen MR) is 56.1 cm³/mol. The fraction of sp³-hybridized carbons (Fsp3) is 0.364. The number of phenols is 1. The number of aromatic hydroxyl groups is 1. The van der Waals surface area contributed by atoms with E-state index >= 15 is 0 Å². The number of hydrogen-bond acceptors (Lipinski definition) is 4. The largest absolute Gasteiger partial charge is 0.507 e. The van der Waals surface area contributed by atoms with Crippen molar-refractivity contribution in [3.63, 3.8) is 0 Å². The Kier molecular flexibility index (Phi) is 2.73. The highest BCUT2D eigenvalue weighted by Gasteiger charge is 2.60. The number of phenolic OH excluding ortho intramolecular Hbond substituents is 1. The second-order valence-electron chi connectivity index (χ2n) is 4.11. The fourth-order valence-electron chi connectivity index (χ4n) is 1.60. The van der Waals surface area contributed by atoms with E-state index in [4.69, 9.17) is 0 Å². The highest BCUT2D eigenvalue weighted by molar-refractivity contribution is 6.03. The summed E-state index contributed by atoms with van der Waals surface area (Å²) in [5, 5.41) is 22.1. The number of rotatable bonds is 1.